The smallest absolute Gasteiger partial charge is 0.239 e. The highest BCUT2D eigenvalue weighted by molar-refractivity contribution is 14.2. The van der Waals surface area contributed by atoms with Crippen LogP contribution in [0.25, 0.3) is 10.9 Å². The molecule has 0 saturated heterocycles. The van der Waals surface area contributed by atoms with Crippen molar-refractivity contribution in [2.24, 2.45) is 0 Å². The van der Waals surface area contributed by atoms with Gasteiger partial charge in [0.2, 0.25) is 5.88 Å². The lowest BCUT2D eigenvalue weighted by Crippen LogP contribution is -1.90. The summed E-state index contributed by atoms with van der Waals surface area (Å²) in [6, 6.07) is 2.01. The fourth-order valence-electron chi connectivity index (χ4n) is 1.48. The minimum absolute atomic E-state index is 0.680. The lowest BCUT2D eigenvalue weighted by atomic mass is 10.2. The van der Waals surface area contributed by atoms with Crippen LogP contribution in [-0.4, -0.2) is 16.1 Å². The summed E-state index contributed by atoms with van der Waals surface area (Å²) in [6.45, 7) is 6.09. The molecule has 2 heterocycles. The van der Waals surface area contributed by atoms with E-state index in [0.29, 0.717) is 5.88 Å². The Kier molecular flexibility index (Phi) is 5.40. The summed E-state index contributed by atoms with van der Waals surface area (Å²) in [5, 5.41) is 1.20. The zero-order valence-electron chi connectivity index (χ0n) is 9.82. The Labute approximate surface area is 112 Å². The van der Waals surface area contributed by atoms with Crippen molar-refractivity contribution in [3.63, 3.8) is 0 Å². The van der Waals surface area contributed by atoms with E-state index in [1.807, 2.05) is 19.9 Å². The molecule has 0 fully saturated rings. The highest BCUT2D eigenvalue weighted by atomic mass is 127. The van der Waals surface area contributed by atoms with Gasteiger partial charge in [0.05, 0.1) is 7.11 Å². The summed E-state index contributed by atoms with van der Waals surface area (Å²) in [7, 11) is 3.26. The Hall–Kier alpha value is -0.430. The van der Waals surface area contributed by atoms with Gasteiger partial charge < -0.3 is 4.74 Å². The molecule has 2 rings (SSSR count). The molecule has 0 aromatic carbocycles. The number of fused-ring (bicyclic) bond motifs is 1. The molecule has 0 aliphatic rings. The van der Waals surface area contributed by atoms with Gasteiger partial charge in [0, 0.05) is 48.1 Å². The van der Waals surface area contributed by atoms with E-state index in [1.54, 1.807) is 22.4 Å². The Bertz CT molecular complexity index is 470. The Balaban J connectivity index is 0.000000606. The van der Waals surface area contributed by atoms with Crippen molar-refractivity contribution in [3.05, 3.63) is 24.0 Å². The zero-order valence-corrected chi connectivity index (χ0v) is 12.8. The molecule has 0 radical (unpaired) electrons. The Morgan fingerprint density at radius 1 is 1.44 bits per heavy atom. The molecule has 0 amide bonds. The van der Waals surface area contributed by atoms with Gasteiger partial charge in [-0.15, -0.1) is 0 Å². The Morgan fingerprint density at radius 3 is 2.69 bits per heavy atom. The second kappa shape index (κ2) is 6.34. The highest BCUT2D eigenvalue weighted by Crippen LogP contribution is 2.32. The van der Waals surface area contributed by atoms with Crippen LogP contribution in [0.2, 0.25) is 0 Å². The number of nitrogens with zero attached hydrogens (tertiary/aromatic N) is 2. The quantitative estimate of drug-likeness (QED) is 0.759. The van der Waals surface area contributed by atoms with Gasteiger partial charge in [-0.05, 0) is 18.6 Å². The summed E-state index contributed by atoms with van der Waals surface area (Å²) in [5.74, 6) is 0.680. The average Bonchev–Trinajstić information content (AvgIpc) is 2.69. The second-order valence-corrected chi connectivity index (χ2v) is 4.64. The minimum Gasteiger partial charge on any atom is -0.479 e. The SMILES string of the molecule is CC.COc1nccc2c(C)cn(SI)c12. The molecule has 3 nitrogen and oxygen atoms in total. The van der Waals surface area contributed by atoms with E-state index in [1.165, 1.54) is 10.9 Å². The number of pyridine rings is 1. The number of aryl methyl sites for hydroxylation is 1. The number of hydrogen-bond donors (Lipinski definition) is 0. The highest BCUT2D eigenvalue weighted by Gasteiger charge is 2.10. The van der Waals surface area contributed by atoms with Crippen LogP contribution in [0.3, 0.4) is 0 Å². The van der Waals surface area contributed by atoms with Crippen LogP contribution in [0.5, 0.6) is 5.88 Å². The molecule has 0 N–H and O–H groups in total. The van der Waals surface area contributed by atoms with Crippen LogP contribution >= 0.6 is 30.3 Å². The van der Waals surface area contributed by atoms with E-state index in [-0.39, 0.29) is 0 Å². The van der Waals surface area contributed by atoms with E-state index >= 15 is 0 Å². The maximum absolute atomic E-state index is 5.23. The van der Waals surface area contributed by atoms with Crippen molar-refractivity contribution < 1.29 is 4.74 Å². The molecule has 0 unspecified atom stereocenters. The fraction of sp³-hybridized carbons (Fsp3) is 0.364. The summed E-state index contributed by atoms with van der Waals surface area (Å²) in [4.78, 5) is 4.19. The topological polar surface area (TPSA) is 27.1 Å². The molecule has 2 aromatic rings. The number of hydrogen-bond acceptors (Lipinski definition) is 3. The number of ether oxygens (including phenoxy) is 1. The first-order valence-corrected chi connectivity index (χ1v) is 8.39. The first-order valence-electron chi connectivity index (χ1n) is 5.07. The molecule has 0 aliphatic heterocycles. The van der Waals surface area contributed by atoms with Crippen molar-refractivity contribution in [1.29, 1.82) is 0 Å². The van der Waals surface area contributed by atoms with Crippen molar-refractivity contribution in [2.45, 2.75) is 20.8 Å². The monoisotopic (exact) mass is 350 g/mol. The standard InChI is InChI=1S/C9H9IN2OS.C2H6/c1-6-5-12(14-10)8-7(6)3-4-11-9(8)13-2;1-2/h3-5H,1-2H3;1-2H3. The molecule has 16 heavy (non-hydrogen) atoms. The van der Waals surface area contributed by atoms with E-state index in [4.69, 9.17) is 4.74 Å². The molecule has 0 atom stereocenters. The lowest BCUT2D eigenvalue weighted by Gasteiger charge is -2.03. The lowest BCUT2D eigenvalue weighted by molar-refractivity contribution is 0.402. The van der Waals surface area contributed by atoms with Crippen molar-refractivity contribution in [2.75, 3.05) is 7.11 Å². The average molecular weight is 350 g/mol. The van der Waals surface area contributed by atoms with Crippen molar-refractivity contribution >= 4 is 41.2 Å². The number of aromatic nitrogens is 2. The summed E-state index contributed by atoms with van der Waals surface area (Å²) in [5.41, 5.74) is 2.29. The zero-order chi connectivity index (χ0) is 12.1. The van der Waals surface area contributed by atoms with Gasteiger partial charge in [-0.25, -0.2) is 4.98 Å². The third-order valence-corrected chi connectivity index (χ3v) is 3.82. The second-order valence-electron chi connectivity index (χ2n) is 2.92. The van der Waals surface area contributed by atoms with Crippen LogP contribution < -0.4 is 4.74 Å². The van der Waals surface area contributed by atoms with E-state index in [9.17, 15) is 0 Å². The third-order valence-electron chi connectivity index (χ3n) is 2.11. The maximum Gasteiger partial charge on any atom is 0.239 e. The Morgan fingerprint density at radius 2 is 2.12 bits per heavy atom. The maximum atomic E-state index is 5.23. The molecular formula is C11H15IN2OS. The van der Waals surface area contributed by atoms with Crippen LogP contribution in [0.1, 0.15) is 19.4 Å². The molecule has 5 heteroatoms. The molecule has 0 aliphatic carbocycles. The molecule has 2 aromatic heterocycles. The van der Waals surface area contributed by atoms with Crippen LogP contribution in [0.15, 0.2) is 18.5 Å². The summed E-state index contributed by atoms with van der Waals surface area (Å²) < 4.78 is 7.30. The first kappa shape index (κ1) is 13.6. The van der Waals surface area contributed by atoms with Gasteiger partial charge in [-0.2, -0.15) is 0 Å². The van der Waals surface area contributed by atoms with Gasteiger partial charge >= 0.3 is 0 Å². The summed E-state index contributed by atoms with van der Waals surface area (Å²) >= 11 is 2.24. The molecular weight excluding hydrogens is 335 g/mol. The van der Waals surface area contributed by atoms with Gasteiger partial charge in [-0.1, -0.05) is 13.8 Å². The van der Waals surface area contributed by atoms with Gasteiger partial charge in [0.25, 0.3) is 0 Å². The van der Waals surface area contributed by atoms with Crippen LogP contribution in [0.4, 0.5) is 0 Å². The minimum atomic E-state index is 0.680. The first-order chi connectivity index (χ1) is 7.77. The van der Waals surface area contributed by atoms with Crippen molar-refractivity contribution in [1.82, 2.24) is 8.96 Å². The molecule has 88 valence electrons. The fourth-order valence-corrected chi connectivity index (χ4v) is 2.86. The largest absolute Gasteiger partial charge is 0.479 e. The normalized spacial score (nSPS) is 9.81. The van der Waals surface area contributed by atoms with Gasteiger partial charge in [-0.3, -0.25) is 3.97 Å². The van der Waals surface area contributed by atoms with E-state index < -0.39 is 0 Å². The van der Waals surface area contributed by atoms with E-state index in [2.05, 4.69) is 43.3 Å². The number of halogens is 1. The van der Waals surface area contributed by atoms with Crippen LogP contribution in [0, 0.1) is 6.92 Å². The molecule has 0 spiro atoms. The molecule has 0 bridgehead atoms. The number of rotatable bonds is 2. The number of methoxy groups -OCH3 is 1. The van der Waals surface area contributed by atoms with Crippen molar-refractivity contribution in [3.8, 4) is 5.88 Å². The van der Waals surface area contributed by atoms with Gasteiger partial charge in [0.15, 0.2) is 0 Å². The van der Waals surface area contributed by atoms with Crippen LogP contribution in [-0.2, 0) is 0 Å². The van der Waals surface area contributed by atoms with E-state index in [0.717, 1.165) is 5.52 Å². The summed E-state index contributed by atoms with van der Waals surface area (Å²) in [6.07, 6.45) is 3.86. The third kappa shape index (κ3) is 2.45. The predicted molar refractivity (Wildman–Crippen MR) is 79.4 cm³/mol. The van der Waals surface area contributed by atoms with Gasteiger partial charge in [0.1, 0.15) is 5.52 Å². The predicted octanol–water partition coefficient (Wildman–Crippen LogP) is 4.23. The molecule has 0 saturated carbocycles.